The molecule has 7 nitrogen and oxygen atoms in total. The van der Waals surface area contributed by atoms with Crippen molar-refractivity contribution in [2.24, 2.45) is 0 Å². The number of aromatic nitrogens is 4. The molecule has 2 saturated heterocycles. The Labute approximate surface area is 232 Å². The van der Waals surface area contributed by atoms with Crippen molar-refractivity contribution in [3.05, 3.63) is 101 Å². The number of nitrogens with zero attached hydrogens (tertiary/aromatic N) is 4. The van der Waals surface area contributed by atoms with Crippen molar-refractivity contribution in [3.8, 4) is 28.1 Å². The van der Waals surface area contributed by atoms with E-state index in [4.69, 9.17) is 9.72 Å². The normalized spacial score (nSPS) is 22.4. The molecule has 2 unspecified atom stereocenters. The third-order valence-electron chi connectivity index (χ3n) is 9.13. The average Bonchev–Trinajstić information content (AvgIpc) is 3.32. The second kappa shape index (κ2) is 9.54. The van der Waals surface area contributed by atoms with Gasteiger partial charge in [-0.1, -0.05) is 36.4 Å². The standard InChI is InChI=1S/C33H31N5O2/c39-31-3-1-2-14-37(31)26-10-7-22(8-11-26)32-30-16-25(18-34-33(30)36-35-32)24-5-4-21-6-12-27(13-9-23(21)15-24)38-28-17-29(38)20-40-19-28/h1-5,7-8,10-11,14-16,18,27-29H,6,9,12-13,17,19-20H2,(H,34,35,36)/t27-,28?,29?/m0/s1. The lowest BCUT2D eigenvalue weighted by Gasteiger charge is -2.56. The number of pyridine rings is 2. The minimum absolute atomic E-state index is 0.0509. The summed E-state index contributed by atoms with van der Waals surface area (Å²) in [5.41, 5.74) is 8.67. The lowest BCUT2D eigenvalue weighted by Crippen LogP contribution is -2.66. The van der Waals surface area contributed by atoms with Gasteiger partial charge in [0.2, 0.25) is 0 Å². The molecule has 3 aliphatic rings. The number of benzene rings is 2. The zero-order chi connectivity index (χ0) is 26.6. The van der Waals surface area contributed by atoms with Crippen molar-refractivity contribution in [1.82, 2.24) is 24.6 Å². The maximum absolute atomic E-state index is 12.2. The fourth-order valence-electron chi connectivity index (χ4n) is 7.04. The van der Waals surface area contributed by atoms with Gasteiger partial charge in [-0.15, -0.1) is 0 Å². The van der Waals surface area contributed by atoms with Crippen LogP contribution < -0.4 is 5.56 Å². The summed E-state index contributed by atoms with van der Waals surface area (Å²) < 4.78 is 7.37. The zero-order valence-electron chi connectivity index (χ0n) is 22.3. The third kappa shape index (κ3) is 4.00. The molecule has 8 rings (SSSR count). The van der Waals surface area contributed by atoms with Crippen LogP contribution in [-0.4, -0.2) is 56.0 Å². The van der Waals surface area contributed by atoms with Gasteiger partial charge in [-0.3, -0.25) is 19.4 Å². The number of hydrogen-bond acceptors (Lipinski definition) is 5. The van der Waals surface area contributed by atoms with E-state index >= 15 is 0 Å². The zero-order valence-corrected chi connectivity index (χ0v) is 22.3. The van der Waals surface area contributed by atoms with Crippen molar-refractivity contribution in [2.75, 3.05) is 13.2 Å². The molecule has 0 amide bonds. The first-order valence-electron chi connectivity index (χ1n) is 14.3. The number of hydrogen-bond donors (Lipinski definition) is 1. The molecule has 5 heterocycles. The molecule has 2 fully saturated rings. The van der Waals surface area contributed by atoms with E-state index in [1.165, 1.54) is 36.0 Å². The Morgan fingerprint density at radius 3 is 2.42 bits per heavy atom. The van der Waals surface area contributed by atoms with Crippen molar-refractivity contribution in [2.45, 2.75) is 50.2 Å². The Balaban J connectivity index is 1.07. The number of aromatic amines is 1. The number of fused-ring (bicyclic) bond motifs is 4. The monoisotopic (exact) mass is 529 g/mol. The average molecular weight is 530 g/mol. The lowest BCUT2D eigenvalue weighted by molar-refractivity contribution is -0.148. The number of morpholine rings is 1. The van der Waals surface area contributed by atoms with Gasteiger partial charge < -0.3 is 4.74 Å². The van der Waals surface area contributed by atoms with Crippen LogP contribution >= 0.6 is 0 Å². The number of ether oxygens (including phenoxy) is 1. The van der Waals surface area contributed by atoms with Crippen LogP contribution in [0.5, 0.6) is 0 Å². The summed E-state index contributed by atoms with van der Waals surface area (Å²) in [5.74, 6) is 0. The number of H-pyrrole nitrogens is 1. The molecule has 2 bridgehead atoms. The van der Waals surface area contributed by atoms with Gasteiger partial charge in [-0.25, -0.2) is 4.98 Å². The van der Waals surface area contributed by atoms with Crippen molar-refractivity contribution >= 4 is 11.0 Å². The Hall–Kier alpha value is -4.07. The van der Waals surface area contributed by atoms with E-state index in [9.17, 15) is 4.79 Å². The maximum atomic E-state index is 12.2. The van der Waals surface area contributed by atoms with Crippen molar-refractivity contribution in [3.63, 3.8) is 0 Å². The smallest absolute Gasteiger partial charge is 0.255 e. The first-order valence-corrected chi connectivity index (χ1v) is 14.3. The Kier molecular flexibility index (Phi) is 5.67. The van der Waals surface area contributed by atoms with Gasteiger partial charge in [0, 0.05) is 58.8 Å². The van der Waals surface area contributed by atoms with E-state index in [1.807, 2.05) is 36.5 Å². The molecular formula is C33H31N5O2. The Morgan fingerprint density at radius 2 is 1.62 bits per heavy atom. The van der Waals surface area contributed by atoms with Crippen molar-refractivity contribution < 1.29 is 4.74 Å². The van der Waals surface area contributed by atoms with Gasteiger partial charge in [0.1, 0.15) is 0 Å². The van der Waals surface area contributed by atoms with Crippen LogP contribution in [0.1, 0.15) is 30.4 Å². The molecule has 5 aromatic rings. The van der Waals surface area contributed by atoms with E-state index in [0.29, 0.717) is 23.8 Å². The molecule has 7 heteroatoms. The Bertz CT molecular complexity index is 1760. The van der Waals surface area contributed by atoms with Crippen molar-refractivity contribution in [1.29, 1.82) is 0 Å². The minimum Gasteiger partial charge on any atom is -0.378 e. The number of rotatable bonds is 4. The summed E-state index contributed by atoms with van der Waals surface area (Å²) >= 11 is 0. The molecule has 2 aromatic carbocycles. The van der Waals surface area contributed by atoms with Gasteiger partial charge >= 0.3 is 0 Å². The van der Waals surface area contributed by atoms with Crippen LogP contribution in [0, 0.1) is 0 Å². The highest BCUT2D eigenvalue weighted by Gasteiger charge is 2.45. The van der Waals surface area contributed by atoms with Gasteiger partial charge in [-0.05, 0) is 73.1 Å². The fourth-order valence-corrected chi connectivity index (χ4v) is 7.04. The minimum atomic E-state index is -0.0509. The maximum Gasteiger partial charge on any atom is 0.255 e. The molecule has 200 valence electrons. The largest absolute Gasteiger partial charge is 0.378 e. The summed E-state index contributed by atoms with van der Waals surface area (Å²) in [7, 11) is 0. The second-order valence-corrected chi connectivity index (χ2v) is 11.4. The van der Waals surface area contributed by atoms with Crippen LogP contribution in [0.2, 0.25) is 0 Å². The molecule has 0 radical (unpaired) electrons. The summed E-state index contributed by atoms with van der Waals surface area (Å²) in [5, 5.41) is 8.64. The summed E-state index contributed by atoms with van der Waals surface area (Å²) in [4.78, 5) is 19.7. The lowest BCUT2D eigenvalue weighted by atomic mass is 9.87. The molecule has 2 aliphatic heterocycles. The molecule has 1 N–H and O–H groups in total. The topological polar surface area (TPSA) is 76.0 Å². The molecule has 0 saturated carbocycles. The highest BCUT2D eigenvalue weighted by molar-refractivity contribution is 5.93. The first kappa shape index (κ1) is 23.8. The molecule has 40 heavy (non-hydrogen) atoms. The summed E-state index contributed by atoms with van der Waals surface area (Å²) in [6.07, 6.45) is 9.75. The van der Waals surface area contributed by atoms with Crippen LogP contribution in [0.15, 0.2) is 83.9 Å². The SMILES string of the molecule is O=c1ccccn1-c1ccc(-c2[nH]nc3ncc(-c4ccc5c(c4)CC[C@@H](N4C6COCC4C6)CC5)cc23)cc1. The van der Waals surface area contributed by atoms with Gasteiger partial charge in [0.25, 0.3) is 5.56 Å². The highest BCUT2D eigenvalue weighted by Crippen LogP contribution is 2.38. The summed E-state index contributed by atoms with van der Waals surface area (Å²) in [6, 6.07) is 24.2. The Morgan fingerprint density at radius 1 is 0.825 bits per heavy atom. The molecule has 1 aliphatic carbocycles. The number of aryl methyl sites for hydroxylation is 2. The molecule has 0 spiro atoms. The van der Waals surface area contributed by atoms with Gasteiger partial charge in [0.05, 0.1) is 18.9 Å². The predicted molar refractivity (Wildman–Crippen MR) is 156 cm³/mol. The second-order valence-electron chi connectivity index (χ2n) is 11.4. The van der Waals surface area contributed by atoms with Crippen LogP contribution in [0.4, 0.5) is 0 Å². The van der Waals surface area contributed by atoms with E-state index < -0.39 is 0 Å². The fraction of sp³-hybridized carbons (Fsp3) is 0.303. The van der Waals surface area contributed by atoms with Gasteiger partial charge in [-0.2, -0.15) is 5.10 Å². The van der Waals surface area contributed by atoms with E-state index in [0.717, 1.165) is 53.9 Å². The number of nitrogens with one attached hydrogen (secondary N) is 1. The van der Waals surface area contributed by atoms with E-state index in [1.54, 1.807) is 22.9 Å². The predicted octanol–water partition coefficient (Wildman–Crippen LogP) is 5.16. The third-order valence-corrected chi connectivity index (χ3v) is 9.13. The molecule has 3 aromatic heterocycles. The quantitative estimate of drug-likeness (QED) is 0.326. The molecule has 3 atom stereocenters. The molecular weight excluding hydrogens is 498 g/mol. The first-order chi connectivity index (χ1) is 19.7. The van der Waals surface area contributed by atoms with Crippen LogP contribution in [0.3, 0.4) is 0 Å². The van der Waals surface area contributed by atoms with Gasteiger partial charge in [0.15, 0.2) is 5.65 Å². The van der Waals surface area contributed by atoms with E-state index in [2.05, 4.69) is 39.4 Å². The van der Waals surface area contributed by atoms with Crippen LogP contribution in [-0.2, 0) is 17.6 Å². The highest BCUT2D eigenvalue weighted by atomic mass is 16.5. The summed E-state index contributed by atoms with van der Waals surface area (Å²) in [6.45, 7) is 1.82. The van der Waals surface area contributed by atoms with Crippen LogP contribution in [0.25, 0.3) is 39.1 Å². The van der Waals surface area contributed by atoms with E-state index in [-0.39, 0.29) is 5.56 Å².